The molecule has 2 N–H and O–H groups in total. The number of benzene rings is 1. The van der Waals surface area contributed by atoms with Crippen molar-refractivity contribution >= 4 is 10.9 Å². The fourth-order valence-electron chi connectivity index (χ4n) is 3.36. The van der Waals surface area contributed by atoms with Gasteiger partial charge in [0.1, 0.15) is 0 Å². The molecule has 3 rings (SSSR count). The molecule has 0 amide bonds. The van der Waals surface area contributed by atoms with Crippen LogP contribution in [0.4, 0.5) is 0 Å². The van der Waals surface area contributed by atoms with Crippen LogP contribution in [0.1, 0.15) is 49.3 Å². The zero-order chi connectivity index (χ0) is 14.7. The number of fused-ring (bicyclic) bond motifs is 1. The summed E-state index contributed by atoms with van der Waals surface area (Å²) >= 11 is 0. The smallest absolute Gasteiger partial charge is 0.0805 e. The SMILES string of the molecule is Cc1c(C(O)CCN2CCCCCC2)ccc2[nH]ncc12. The number of rotatable bonds is 4. The number of aliphatic hydroxyl groups is 1. The van der Waals surface area contributed by atoms with E-state index in [1.807, 2.05) is 18.3 Å². The highest BCUT2D eigenvalue weighted by atomic mass is 16.3. The monoisotopic (exact) mass is 287 g/mol. The van der Waals surface area contributed by atoms with Crippen LogP contribution in [0.2, 0.25) is 0 Å². The van der Waals surface area contributed by atoms with Gasteiger partial charge < -0.3 is 10.0 Å². The fourth-order valence-corrected chi connectivity index (χ4v) is 3.36. The highest BCUT2D eigenvalue weighted by molar-refractivity contribution is 5.82. The van der Waals surface area contributed by atoms with Gasteiger partial charge in [-0.25, -0.2) is 0 Å². The first-order valence-electron chi connectivity index (χ1n) is 8.08. The van der Waals surface area contributed by atoms with Gasteiger partial charge in [0, 0.05) is 11.9 Å². The molecule has 0 saturated carbocycles. The number of aromatic nitrogens is 2. The van der Waals surface area contributed by atoms with Gasteiger partial charge in [0.25, 0.3) is 0 Å². The van der Waals surface area contributed by atoms with Crippen LogP contribution >= 0.6 is 0 Å². The Bertz CT molecular complexity index is 585. The van der Waals surface area contributed by atoms with Gasteiger partial charge in [-0.15, -0.1) is 0 Å². The van der Waals surface area contributed by atoms with E-state index < -0.39 is 0 Å². The minimum Gasteiger partial charge on any atom is -0.388 e. The summed E-state index contributed by atoms with van der Waals surface area (Å²) in [7, 11) is 0. The molecule has 1 aromatic carbocycles. The van der Waals surface area contributed by atoms with Gasteiger partial charge in [-0.2, -0.15) is 5.10 Å². The highest BCUT2D eigenvalue weighted by Gasteiger charge is 2.15. The van der Waals surface area contributed by atoms with E-state index in [0.29, 0.717) is 0 Å². The molecule has 1 aliphatic heterocycles. The van der Waals surface area contributed by atoms with Crippen LogP contribution in [-0.4, -0.2) is 39.8 Å². The van der Waals surface area contributed by atoms with Crippen LogP contribution in [0, 0.1) is 6.92 Å². The lowest BCUT2D eigenvalue weighted by atomic mass is 9.98. The van der Waals surface area contributed by atoms with E-state index in [-0.39, 0.29) is 6.10 Å². The molecule has 1 unspecified atom stereocenters. The number of aliphatic hydroxyl groups excluding tert-OH is 1. The molecule has 0 bridgehead atoms. The van der Waals surface area contributed by atoms with E-state index in [1.54, 1.807) is 0 Å². The molecule has 0 aliphatic carbocycles. The Kier molecular flexibility index (Phi) is 4.56. The summed E-state index contributed by atoms with van der Waals surface area (Å²) in [6, 6.07) is 4.04. The van der Waals surface area contributed by atoms with Crippen molar-refractivity contribution < 1.29 is 5.11 Å². The van der Waals surface area contributed by atoms with Crippen molar-refractivity contribution in [1.82, 2.24) is 15.1 Å². The molecule has 0 radical (unpaired) electrons. The summed E-state index contributed by atoms with van der Waals surface area (Å²) < 4.78 is 0. The summed E-state index contributed by atoms with van der Waals surface area (Å²) in [5.41, 5.74) is 3.22. The molecule has 4 heteroatoms. The predicted octanol–water partition coefficient (Wildman–Crippen LogP) is 3.17. The number of H-pyrrole nitrogens is 1. The Morgan fingerprint density at radius 2 is 2.00 bits per heavy atom. The maximum Gasteiger partial charge on any atom is 0.0805 e. The Morgan fingerprint density at radius 3 is 2.76 bits per heavy atom. The molecule has 0 spiro atoms. The van der Waals surface area contributed by atoms with Gasteiger partial charge in [0.05, 0.1) is 17.8 Å². The summed E-state index contributed by atoms with van der Waals surface area (Å²) in [5.74, 6) is 0. The Balaban J connectivity index is 1.65. The van der Waals surface area contributed by atoms with Crippen LogP contribution in [0.25, 0.3) is 10.9 Å². The molecule has 21 heavy (non-hydrogen) atoms. The van der Waals surface area contributed by atoms with Crippen LogP contribution in [-0.2, 0) is 0 Å². The number of likely N-dealkylation sites (tertiary alicyclic amines) is 1. The summed E-state index contributed by atoms with van der Waals surface area (Å²) in [4.78, 5) is 2.50. The van der Waals surface area contributed by atoms with Crippen molar-refractivity contribution in [2.45, 2.75) is 45.1 Å². The molecule has 1 saturated heterocycles. The van der Waals surface area contributed by atoms with E-state index in [9.17, 15) is 5.11 Å². The number of aromatic amines is 1. The lowest BCUT2D eigenvalue weighted by Crippen LogP contribution is -2.27. The summed E-state index contributed by atoms with van der Waals surface area (Å²) in [6.07, 6.45) is 7.59. The summed E-state index contributed by atoms with van der Waals surface area (Å²) in [6.45, 7) is 5.44. The third-order valence-corrected chi connectivity index (χ3v) is 4.71. The highest BCUT2D eigenvalue weighted by Crippen LogP contribution is 2.27. The van der Waals surface area contributed by atoms with E-state index in [4.69, 9.17) is 0 Å². The van der Waals surface area contributed by atoms with Gasteiger partial charge in [0.2, 0.25) is 0 Å². The second-order valence-electron chi connectivity index (χ2n) is 6.17. The number of aryl methyl sites for hydroxylation is 1. The molecule has 4 nitrogen and oxygen atoms in total. The fraction of sp³-hybridized carbons (Fsp3) is 0.588. The van der Waals surface area contributed by atoms with E-state index in [1.165, 1.54) is 38.8 Å². The molecular formula is C17H25N3O. The second-order valence-corrected chi connectivity index (χ2v) is 6.17. The lowest BCUT2D eigenvalue weighted by molar-refractivity contribution is 0.142. The van der Waals surface area contributed by atoms with Gasteiger partial charge in [0.15, 0.2) is 0 Å². The average molecular weight is 287 g/mol. The third-order valence-electron chi connectivity index (χ3n) is 4.71. The minimum absolute atomic E-state index is 0.382. The van der Waals surface area contributed by atoms with E-state index in [0.717, 1.165) is 35.0 Å². The molecule has 2 aromatic rings. The Hall–Kier alpha value is -1.39. The quantitative estimate of drug-likeness (QED) is 0.908. The predicted molar refractivity (Wildman–Crippen MR) is 85.3 cm³/mol. The molecule has 1 fully saturated rings. The largest absolute Gasteiger partial charge is 0.388 e. The number of nitrogens with zero attached hydrogens (tertiary/aromatic N) is 2. The van der Waals surface area contributed by atoms with Crippen LogP contribution in [0.3, 0.4) is 0 Å². The molecule has 114 valence electrons. The first kappa shape index (κ1) is 14.5. The van der Waals surface area contributed by atoms with Crippen LogP contribution < -0.4 is 0 Å². The van der Waals surface area contributed by atoms with Gasteiger partial charge >= 0.3 is 0 Å². The van der Waals surface area contributed by atoms with E-state index >= 15 is 0 Å². The van der Waals surface area contributed by atoms with E-state index in [2.05, 4.69) is 22.0 Å². The zero-order valence-electron chi connectivity index (χ0n) is 12.8. The summed E-state index contributed by atoms with van der Waals surface area (Å²) in [5, 5.41) is 18.7. The molecule has 1 aliphatic rings. The van der Waals surface area contributed by atoms with Crippen LogP contribution in [0.5, 0.6) is 0 Å². The van der Waals surface area contributed by atoms with Crippen molar-refractivity contribution in [2.24, 2.45) is 0 Å². The number of hydrogen-bond donors (Lipinski definition) is 2. The Labute approximate surface area is 126 Å². The second kappa shape index (κ2) is 6.58. The third kappa shape index (κ3) is 3.27. The Morgan fingerprint density at radius 1 is 1.24 bits per heavy atom. The van der Waals surface area contributed by atoms with Crippen molar-refractivity contribution in [1.29, 1.82) is 0 Å². The van der Waals surface area contributed by atoms with Gasteiger partial charge in [-0.1, -0.05) is 18.9 Å². The first-order chi connectivity index (χ1) is 10.3. The average Bonchev–Trinajstić information content (AvgIpc) is 2.82. The molecule has 1 aromatic heterocycles. The minimum atomic E-state index is -0.382. The van der Waals surface area contributed by atoms with Crippen molar-refractivity contribution in [3.63, 3.8) is 0 Å². The molecular weight excluding hydrogens is 262 g/mol. The van der Waals surface area contributed by atoms with Crippen molar-refractivity contribution in [3.8, 4) is 0 Å². The molecule has 1 atom stereocenters. The van der Waals surface area contributed by atoms with Gasteiger partial charge in [-0.05, 0) is 56.5 Å². The standard InChI is InChI=1S/C17H25N3O/c1-13-14(6-7-16-15(13)12-18-19-16)17(21)8-11-20-9-4-2-3-5-10-20/h6-7,12,17,21H,2-5,8-11H2,1H3,(H,18,19). The van der Waals surface area contributed by atoms with Crippen molar-refractivity contribution in [3.05, 3.63) is 29.5 Å². The van der Waals surface area contributed by atoms with Crippen molar-refractivity contribution in [2.75, 3.05) is 19.6 Å². The maximum absolute atomic E-state index is 10.5. The number of nitrogens with one attached hydrogen (secondary N) is 1. The first-order valence-corrected chi connectivity index (χ1v) is 8.08. The van der Waals surface area contributed by atoms with Gasteiger partial charge in [-0.3, -0.25) is 5.10 Å². The lowest BCUT2D eigenvalue weighted by Gasteiger charge is -2.22. The normalized spacial score (nSPS) is 18.8. The topological polar surface area (TPSA) is 52.1 Å². The number of hydrogen-bond acceptors (Lipinski definition) is 3. The van der Waals surface area contributed by atoms with Crippen LogP contribution in [0.15, 0.2) is 18.3 Å². The zero-order valence-corrected chi connectivity index (χ0v) is 12.8. The molecule has 2 heterocycles. The maximum atomic E-state index is 10.5.